The maximum absolute atomic E-state index is 13.8. The quantitative estimate of drug-likeness (QED) is 0.485. The van der Waals surface area contributed by atoms with Crippen molar-refractivity contribution in [2.24, 2.45) is 46.3 Å². The number of hydrogen-bond acceptors (Lipinski definition) is 4. The van der Waals surface area contributed by atoms with Crippen molar-refractivity contribution in [3.63, 3.8) is 0 Å². The molecule has 4 nitrogen and oxygen atoms in total. The van der Waals surface area contributed by atoms with Crippen LogP contribution in [0.3, 0.4) is 0 Å². The van der Waals surface area contributed by atoms with E-state index >= 15 is 0 Å². The average Bonchev–Trinajstić information content (AvgIpc) is 3.07. The summed E-state index contributed by atoms with van der Waals surface area (Å²) >= 11 is 0. The molecule has 0 amide bonds. The Kier molecular flexibility index (Phi) is 7.79. The van der Waals surface area contributed by atoms with Crippen LogP contribution in [0, 0.1) is 46.3 Å². The Morgan fingerprint density at radius 3 is 2.41 bits per heavy atom. The van der Waals surface area contributed by atoms with Crippen LogP contribution in [0.15, 0.2) is 23.8 Å². The van der Waals surface area contributed by atoms with Crippen LogP contribution in [-0.4, -0.2) is 39.9 Å². The number of carbonyl (C=O) groups excluding carboxylic acids is 1. The molecule has 32 heavy (non-hydrogen) atoms. The van der Waals surface area contributed by atoms with Crippen molar-refractivity contribution in [2.75, 3.05) is 6.61 Å². The molecule has 0 aromatic heterocycles. The summed E-state index contributed by atoms with van der Waals surface area (Å²) in [7, 11) is 0. The predicted octanol–water partition coefficient (Wildman–Crippen LogP) is 4.92. The van der Waals surface area contributed by atoms with Gasteiger partial charge in [0.1, 0.15) is 0 Å². The summed E-state index contributed by atoms with van der Waals surface area (Å²) in [4.78, 5) is 13.8. The highest BCUT2D eigenvalue weighted by Crippen LogP contribution is 2.59. The van der Waals surface area contributed by atoms with Crippen LogP contribution >= 0.6 is 0 Å². The number of carbonyl (C=O) groups is 1. The highest BCUT2D eigenvalue weighted by molar-refractivity contribution is 6.01. The van der Waals surface area contributed by atoms with Crippen LogP contribution in [0.5, 0.6) is 0 Å². The van der Waals surface area contributed by atoms with Crippen molar-refractivity contribution in [3.05, 3.63) is 23.8 Å². The molecule has 0 saturated heterocycles. The third-order valence-electron chi connectivity index (χ3n) is 9.72. The maximum atomic E-state index is 13.8. The van der Waals surface area contributed by atoms with Crippen molar-refractivity contribution in [1.29, 1.82) is 0 Å². The minimum absolute atomic E-state index is 0.0600. The van der Waals surface area contributed by atoms with E-state index in [1.165, 1.54) is 0 Å². The van der Waals surface area contributed by atoms with Gasteiger partial charge < -0.3 is 15.3 Å². The molecular formula is C28H46O4. The van der Waals surface area contributed by atoms with E-state index in [-0.39, 0.29) is 29.6 Å². The molecule has 182 valence electrons. The lowest BCUT2D eigenvalue weighted by Gasteiger charge is -2.49. The van der Waals surface area contributed by atoms with E-state index in [2.05, 4.69) is 46.8 Å². The summed E-state index contributed by atoms with van der Waals surface area (Å²) in [6.45, 7) is 13.4. The second-order valence-corrected chi connectivity index (χ2v) is 12.0. The van der Waals surface area contributed by atoms with E-state index < -0.39 is 17.6 Å². The first kappa shape index (κ1) is 25.6. The number of aliphatic hydroxyl groups is 3. The molecule has 3 rings (SSSR count). The minimum Gasteiger partial charge on any atom is -0.396 e. The molecule has 0 spiro atoms. The molecule has 0 aromatic rings. The molecular weight excluding hydrogens is 400 g/mol. The van der Waals surface area contributed by atoms with Gasteiger partial charge in [0.15, 0.2) is 5.78 Å². The van der Waals surface area contributed by atoms with Gasteiger partial charge in [-0.1, -0.05) is 53.7 Å². The van der Waals surface area contributed by atoms with Crippen molar-refractivity contribution >= 4 is 5.78 Å². The van der Waals surface area contributed by atoms with Crippen molar-refractivity contribution in [3.8, 4) is 0 Å². The van der Waals surface area contributed by atoms with Crippen molar-refractivity contribution in [1.82, 2.24) is 0 Å². The largest absolute Gasteiger partial charge is 0.396 e. The van der Waals surface area contributed by atoms with Crippen LogP contribution < -0.4 is 0 Å². The standard InChI is InChI=1S/C28H46O4/c1-17(2)18(3)7-8-19(4)22-9-10-23(27(22,5)13-14-29)21-16-25(31)24-15-20(30)11-12-28(24,6)26(21)32/h7-8,16-20,22-25,29-31H,9-15H2,1-6H3/b8-7+/t18-,19+,20-,22+,23-,24+,25-,27+,28-/m0/s1. The van der Waals surface area contributed by atoms with Crippen molar-refractivity contribution in [2.45, 2.75) is 92.3 Å². The fourth-order valence-corrected chi connectivity index (χ4v) is 7.05. The molecule has 3 aliphatic carbocycles. The maximum Gasteiger partial charge on any atom is 0.165 e. The minimum atomic E-state index is -0.690. The van der Waals surface area contributed by atoms with E-state index in [0.717, 1.165) is 18.4 Å². The van der Waals surface area contributed by atoms with Gasteiger partial charge in [-0.05, 0) is 85.2 Å². The number of hydrogen-bond donors (Lipinski definition) is 3. The average molecular weight is 447 g/mol. The summed E-state index contributed by atoms with van der Waals surface area (Å²) in [5.74, 6) is 1.91. The van der Waals surface area contributed by atoms with Gasteiger partial charge in [0.25, 0.3) is 0 Å². The SMILES string of the molecule is CC(C)[C@@H](C)/C=C/[C@@H](C)[C@H]1CC[C@@H](C2=C[C@H](O)[C@H]3C[C@@H](O)CC[C@]3(C)C2=O)[C@]1(C)CCO. The highest BCUT2D eigenvalue weighted by Gasteiger charge is 2.56. The van der Waals surface area contributed by atoms with E-state index in [4.69, 9.17) is 0 Å². The van der Waals surface area contributed by atoms with Gasteiger partial charge >= 0.3 is 0 Å². The third-order valence-corrected chi connectivity index (χ3v) is 9.72. The molecule has 0 aliphatic heterocycles. The zero-order valence-corrected chi connectivity index (χ0v) is 21.1. The molecule has 0 aromatic carbocycles. The highest BCUT2D eigenvalue weighted by atomic mass is 16.3. The smallest absolute Gasteiger partial charge is 0.165 e. The van der Waals surface area contributed by atoms with Crippen molar-refractivity contribution < 1.29 is 20.1 Å². The van der Waals surface area contributed by atoms with E-state index in [1.54, 1.807) is 0 Å². The van der Waals surface area contributed by atoms with E-state index in [1.807, 2.05) is 13.0 Å². The Balaban J connectivity index is 1.90. The number of rotatable bonds is 7. The fourth-order valence-electron chi connectivity index (χ4n) is 7.05. The van der Waals surface area contributed by atoms with Gasteiger partial charge in [0.2, 0.25) is 0 Å². The molecule has 2 saturated carbocycles. The molecule has 4 heteroatoms. The summed E-state index contributed by atoms with van der Waals surface area (Å²) < 4.78 is 0. The van der Waals surface area contributed by atoms with E-state index in [9.17, 15) is 20.1 Å². The Hall–Kier alpha value is -0.970. The van der Waals surface area contributed by atoms with Crippen LogP contribution in [0.2, 0.25) is 0 Å². The van der Waals surface area contributed by atoms with Gasteiger partial charge in [-0.3, -0.25) is 4.79 Å². The fraction of sp³-hybridized carbons (Fsp3) is 0.821. The molecule has 3 aliphatic rings. The molecule has 3 N–H and O–H groups in total. The van der Waals surface area contributed by atoms with Gasteiger partial charge in [0, 0.05) is 17.9 Å². The number of aliphatic hydroxyl groups excluding tert-OH is 3. The second kappa shape index (κ2) is 9.72. The monoisotopic (exact) mass is 446 g/mol. The zero-order valence-electron chi connectivity index (χ0n) is 21.1. The molecule has 2 fully saturated rings. The topological polar surface area (TPSA) is 77.8 Å². The molecule has 0 radical (unpaired) electrons. The Morgan fingerprint density at radius 1 is 1.09 bits per heavy atom. The number of fused-ring (bicyclic) bond motifs is 1. The molecule has 0 bridgehead atoms. The number of allylic oxidation sites excluding steroid dienone is 3. The Labute approximate surface area is 195 Å². The van der Waals surface area contributed by atoms with Crippen LogP contribution in [-0.2, 0) is 4.79 Å². The van der Waals surface area contributed by atoms with E-state index in [0.29, 0.717) is 49.4 Å². The van der Waals surface area contributed by atoms with Crippen LogP contribution in [0.1, 0.15) is 80.1 Å². The lowest BCUT2D eigenvalue weighted by Crippen LogP contribution is -2.52. The first-order chi connectivity index (χ1) is 15.0. The first-order valence-electron chi connectivity index (χ1n) is 12.9. The Bertz CT molecular complexity index is 740. The van der Waals surface area contributed by atoms with Gasteiger partial charge in [-0.25, -0.2) is 0 Å². The van der Waals surface area contributed by atoms with Gasteiger partial charge in [0.05, 0.1) is 12.2 Å². The first-order valence-corrected chi connectivity index (χ1v) is 12.9. The lowest BCUT2D eigenvalue weighted by molar-refractivity contribution is -0.138. The molecule has 9 atom stereocenters. The van der Waals surface area contributed by atoms with Crippen LogP contribution in [0.25, 0.3) is 0 Å². The van der Waals surface area contributed by atoms with Gasteiger partial charge in [-0.2, -0.15) is 0 Å². The Morgan fingerprint density at radius 2 is 1.78 bits per heavy atom. The summed E-state index contributed by atoms with van der Waals surface area (Å²) in [5, 5.41) is 31.1. The summed E-state index contributed by atoms with van der Waals surface area (Å²) in [6.07, 6.45) is 9.73. The molecule has 0 heterocycles. The molecule has 0 unspecified atom stereocenters. The number of Topliss-reactive ketones (excluding diaryl/α,β-unsaturated/α-hetero) is 1. The lowest BCUT2D eigenvalue weighted by atomic mass is 9.55. The summed E-state index contributed by atoms with van der Waals surface area (Å²) in [5.41, 5.74) is 0.00921. The number of ketones is 1. The second-order valence-electron chi connectivity index (χ2n) is 12.0. The summed E-state index contributed by atoms with van der Waals surface area (Å²) in [6, 6.07) is 0. The van der Waals surface area contributed by atoms with Crippen LogP contribution in [0.4, 0.5) is 0 Å². The van der Waals surface area contributed by atoms with Gasteiger partial charge in [-0.15, -0.1) is 0 Å². The third kappa shape index (κ3) is 4.52. The predicted molar refractivity (Wildman–Crippen MR) is 129 cm³/mol. The zero-order chi connectivity index (χ0) is 23.8. The normalized spacial score (nSPS) is 42.2.